The van der Waals surface area contributed by atoms with Crippen LogP contribution in [0.1, 0.15) is 18.9 Å². The van der Waals surface area contributed by atoms with Crippen molar-refractivity contribution < 1.29 is 9.53 Å². The standard InChI is InChI=1S/C13H22N4O2/c1-3-17-8-10(7-15-17)4-5-16-9-11(19-2)6-12(16)13(14)18/h7-8,11-12H,3-6,9H2,1-2H3,(H2,14,18)/t11-,12-/m0/s1. The van der Waals surface area contributed by atoms with E-state index in [4.69, 9.17) is 10.5 Å². The van der Waals surface area contributed by atoms with Gasteiger partial charge in [0.25, 0.3) is 0 Å². The number of ether oxygens (including phenoxy) is 1. The van der Waals surface area contributed by atoms with Gasteiger partial charge in [-0.25, -0.2) is 0 Å². The summed E-state index contributed by atoms with van der Waals surface area (Å²) in [7, 11) is 1.68. The number of hydrogen-bond acceptors (Lipinski definition) is 4. The molecule has 1 fully saturated rings. The Morgan fingerprint density at radius 1 is 1.63 bits per heavy atom. The molecule has 2 atom stereocenters. The molecule has 0 radical (unpaired) electrons. The van der Waals surface area contributed by atoms with Gasteiger partial charge in [0.1, 0.15) is 0 Å². The van der Waals surface area contributed by atoms with Gasteiger partial charge in [-0.3, -0.25) is 14.4 Å². The molecule has 6 nitrogen and oxygen atoms in total. The summed E-state index contributed by atoms with van der Waals surface area (Å²) in [5.74, 6) is -0.260. The van der Waals surface area contributed by atoms with E-state index in [1.54, 1.807) is 7.11 Å². The van der Waals surface area contributed by atoms with Crippen LogP contribution in [0.4, 0.5) is 0 Å². The largest absolute Gasteiger partial charge is 0.380 e. The van der Waals surface area contributed by atoms with Crippen molar-refractivity contribution in [1.82, 2.24) is 14.7 Å². The average molecular weight is 266 g/mol. The molecule has 1 aromatic rings. The molecule has 6 heteroatoms. The maximum absolute atomic E-state index is 11.4. The minimum Gasteiger partial charge on any atom is -0.380 e. The predicted octanol–water partition coefficient (Wildman–Crippen LogP) is 0.0201. The van der Waals surface area contributed by atoms with Crippen molar-refractivity contribution in [2.45, 2.75) is 38.5 Å². The van der Waals surface area contributed by atoms with E-state index in [-0.39, 0.29) is 18.1 Å². The number of methoxy groups -OCH3 is 1. The Labute approximate surface area is 113 Å². The Balaban J connectivity index is 1.91. The molecule has 0 aliphatic carbocycles. The summed E-state index contributed by atoms with van der Waals surface area (Å²) in [6.45, 7) is 4.51. The first-order chi connectivity index (χ1) is 9.13. The zero-order chi connectivity index (χ0) is 13.8. The maximum Gasteiger partial charge on any atom is 0.234 e. The van der Waals surface area contributed by atoms with Crippen molar-refractivity contribution in [3.63, 3.8) is 0 Å². The maximum atomic E-state index is 11.4. The molecule has 0 bridgehead atoms. The van der Waals surface area contributed by atoms with E-state index in [1.165, 1.54) is 5.56 Å². The fourth-order valence-corrected chi connectivity index (χ4v) is 2.56. The van der Waals surface area contributed by atoms with Crippen LogP contribution >= 0.6 is 0 Å². The number of primary amides is 1. The smallest absolute Gasteiger partial charge is 0.234 e. The monoisotopic (exact) mass is 266 g/mol. The van der Waals surface area contributed by atoms with Crippen molar-refractivity contribution >= 4 is 5.91 Å². The van der Waals surface area contributed by atoms with Gasteiger partial charge < -0.3 is 10.5 Å². The molecule has 106 valence electrons. The third-order valence-electron chi connectivity index (χ3n) is 3.73. The summed E-state index contributed by atoms with van der Waals surface area (Å²) in [5, 5.41) is 4.25. The molecule has 1 saturated heterocycles. The summed E-state index contributed by atoms with van der Waals surface area (Å²) < 4.78 is 7.24. The number of carbonyl (C=O) groups excluding carboxylic acids is 1. The second-order valence-electron chi connectivity index (χ2n) is 4.96. The Hall–Kier alpha value is -1.40. The van der Waals surface area contributed by atoms with Crippen molar-refractivity contribution in [2.75, 3.05) is 20.2 Å². The number of aromatic nitrogens is 2. The van der Waals surface area contributed by atoms with Crippen LogP contribution < -0.4 is 5.73 Å². The summed E-state index contributed by atoms with van der Waals surface area (Å²) in [6.07, 6.45) is 5.60. The molecule has 2 heterocycles. The fourth-order valence-electron chi connectivity index (χ4n) is 2.56. The number of amides is 1. The fraction of sp³-hybridized carbons (Fsp3) is 0.692. The molecule has 19 heavy (non-hydrogen) atoms. The van der Waals surface area contributed by atoms with Gasteiger partial charge in [0.15, 0.2) is 0 Å². The number of likely N-dealkylation sites (tertiary alicyclic amines) is 1. The van der Waals surface area contributed by atoms with Crippen LogP contribution in [0.15, 0.2) is 12.4 Å². The summed E-state index contributed by atoms with van der Waals surface area (Å²) in [4.78, 5) is 13.6. The van der Waals surface area contributed by atoms with Gasteiger partial charge >= 0.3 is 0 Å². The third-order valence-corrected chi connectivity index (χ3v) is 3.73. The molecule has 1 aliphatic rings. The second kappa shape index (κ2) is 6.16. The molecule has 1 aliphatic heterocycles. The van der Waals surface area contributed by atoms with Gasteiger partial charge in [0.2, 0.25) is 5.91 Å². The molecular weight excluding hydrogens is 244 g/mol. The van der Waals surface area contributed by atoms with E-state index in [0.29, 0.717) is 6.42 Å². The summed E-state index contributed by atoms with van der Waals surface area (Å²) in [5.41, 5.74) is 6.63. The Morgan fingerprint density at radius 2 is 2.42 bits per heavy atom. The van der Waals surface area contributed by atoms with Crippen LogP contribution in [-0.2, 0) is 22.5 Å². The van der Waals surface area contributed by atoms with Crippen LogP contribution in [0, 0.1) is 0 Å². The minimum absolute atomic E-state index is 0.107. The van der Waals surface area contributed by atoms with Gasteiger partial charge in [-0.2, -0.15) is 5.10 Å². The quantitative estimate of drug-likeness (QED) is 0.788. The van der Waals surface area contributed by atoms with E-state index in [0.717, 1.165) is 26.1 Å². The van der Waals surface area contributed by atoms with Gasteiger partial charge in [-0.05, 0) is 25.3 Å². The van der Waals surface area contributed by atoms with Gasteiger partial charge in [0, 0.05) is 32.9 Å². The van der Waals surface area contributed by atoms with Gasteiger partial charge in [0.05, 0.1) is 18.3 Å². The lowest BCUT2D eigenvalue weighted by Gasteiger charge is -2.20. The van der Waals surface area contributed by atoms with Crippen molar-refractivity contribution in [2.24, 2.45) is 5.73 Å². The normalized spacial score (nSPS) is 23.9. The van der Waals surface area contributed by atoms with Crippen LogP contribution in [0.2, 0.25) is 0 Å². The van der Waals surface area contributed by atoms with E-state index >= 15 is 0 Å². The number of nitrogens with zero attached hydrogens (tertiary/aromatic N) is 3. The molecule has 0 aromatic carbocycles. The van der Waals surface area contributed by atoms with Crippen LogP contribution in [-0.4, -0.2) is 52.9 Å². The van der Waals surface area contributed by atoms with Crippen LogP contribution in [0.3, 0.4) is 0 Å². The Kier molecular flexibility index (Phi) is 4.55. The first-order valence-corrected chi connectivity index (χ1v) is 6.71. The molecule has 0 unspecified atom stereocenters. The van der Waals surface area contributed by atoms with Crippen molar-refractivity contribution in [3.05, 3.63) is 18.0 Å². The Bertz CT molecular complexity index is 432. The molecule has 1 amide bonds. The van der Waals surface area contributed by atoms with Crippen molar-refractivity contribution in [1.29, 1.82) is 0 Å². The number of carbonyl (C=O) groups is 1. The van der Waals surface area contributed by atoms with Gasteiger partial charge in [-0.15, -0.1) is 0 Å². The van der Waals surface area contributed by atoms with Crippen molar-refractivity contribution in [3.8, 4) is 0 Å². The number of aryl methyl sites for hydroxylation is 1. The number of nitrogens with two attached hydrogens (primary N) is 1. The zero-order valence-corrected chi connectivity index (χ0v) is 11.6. The van der Waals surface area contributed by atoms with E-state index in [9.17, 15) is 4.79 Å². The van der Waals surface area contributed by atoms with E-state index in [2.05, 4.69) is 16.9 Å². The SMILES string of the molecule is CCn1cc(CCN2C[C@@H](OC)C[C@H]2C(N)=O)cn1. The lowest BCUT2D eigenvalue weighted by atomic mass is 10.2. The molecule has 1 aromatic heterocycles. The molecule has 2 N–H and O–H groups in total. The second-order valence-corrected chi connectivity index (χ2v) is 4.96. The Morgan fingerprint density at radius 3 is 3.00 bits per heavy atom. The number of rotatable bonds is 6. The highest BCUT2D eigenvalue weighted by Crippen LogP contribution is 2.20. The van der Waals surface area contributed by atoms with Crippen LogP contribution in [0.25, 0.3) is 0 Å². The lowest BCUT2D eigenvalue weighted by Crippen LogP contribution is -2.41. The number of hydrogen-bond donors (Lipinski definition) is 1. The van der Waals surface area contributed by atoms with E-state index < -0.39 is 0 Å². The molecule has 0 saturated carbocycles. The van der Waals surface area contributed by atoms with E-state index in [1.807, 2.05) is 17.1 Å². The summed E-state index contributed by atoms with van der Waals surface area (Å²) in [6, 6.07) is -0.203. The average Bonchev–Trinajstić information content (AvgIpc) is 3.02. The third kappa shape index (κ3) is 3.33. The highest BCUT2D eigenvalue weighted by Gasteiger charge is 2.35. The minimum atomic E-state index is -0.260. The highest BCUT2D eigenvalue weighted by atomic mass is 16.5. The first kappa shape index (κ1) is 14.0. The molecular formula is C13H22N4O2. The highest BCUT2D eigenvalue weighted by molar-refractivity contribution is 5.80. The zero-order valence-electron chi connectivity index (χ0n) is 11.6. The summed E-state index contributed by atoms with van der Waals surface area (Å²) >= 11 is 0. The first-order valence-electron chi connectivity index (χ1n) is 6.71. The molecule has 2 rings (SSSR count). The molecule has 0 spiro atoms. The van der Waals surface area contributed by atoms with Gasteiger partial charge in [-0.1, -0.05) is 0 Å². The topological polar surface area (TPSA) is 73.4 Å². The predicted molar refractivity (Wildman–Crippen MR) is 71.6 cm³/mol. The lowest BCUT2D eigenvalue weighted by molar-refractivity contribution is -0.122. The van der Waals surface area contributed by atoms with Crippen LogP contribution in [0.5, 0.6) is 0 Å².